The van der Waals surface area contributed by atoms with Gasteiger partial charge >= 0.3 is 0 Å². The monoisotopic (exact) mass is 627 g/mol. The Morgan fingerprint density at radius 2 is 1.89 bits per heavy atom. The third kappa shape index (κ3) is 4.96. The molecule has 6 rings (SSSR count). The van der Waals surface area contributed by atoms with Crippen molar-refractivity contribution in [1.82, 2.24) is 25.2 Å². The number of anilines is 3. The summed E-state index contributed by atoms with van der Waals surface area (Å²) in [4.78, 5) is 20.3. The van der Waals surface area contributed by atoms with E-state index < -0.39 is 34.9 Å². The number of halogens is 4. The van der Waals surface area contributed by atoms with Gasteiger partial charge in [-0.2, -0.15) is 10.2 Å². The molecule has 1 aromatic carbocycles. The van der Waals surface area contributed by atoms with Crippen molar-refractivity contribution in [2.24, 2.45) is 0 Å². The minimum Gasteiger partial charge on any atom is -0.389 e. The van der Waals surface area contributed by atoms with Crippen LogP contribution in [0.5, 0.6) is 0 Å². The van der Waals surface area contributed by atoms with Crippen molar-refractivity contribution in [3.05, 3.63) is 35.0 Å². The molecule has 0 saturated carbocycles. The van der Waals surface area contributed by atoms with E-state index in [4.69, 9.17) is 10.7 Å². The summed E-state index contributed by atoms with van der Waals surface area (Å²) < 4.78 is 60.7. The number of nitriles is 1. The molecule has 3 aromatic heterocycles. The van der Waals surface area contributed by atoms with Crippen LogP contribution in [0.4, 0.5) is 34.3 Å². The number of nitrogens with one attached hydrogen (secondary N) is 1. The highest BCUT2D eigenvalue weighted by molar-refractivity contribution is 7.23. The number of fused-ring (bicyclic) bond motifs is 2. The summed E-state index contributed by atoms with van der Waals surface area (Å²) >= 11 is 0.761. The second kappa shape index (κ2) is 11.9. The summed E-state index contributed by atoms with van der Waals surface area (Å²) in [5.41, 5.74) is 4.33. The first-order chi connectivity index (χ1) is 21.2. The molecule has 0 aliphatic carbocycles. The number of benzene rings is 1. The largest absolute Gasteiger partial charge is 0.389 e. The Hall–Kier alpha value is -3.80. The van der Waals surface area contributed by atoms with Crippen LogP contribution in [-0.2, 0) is 0 Å². The highest BCUT2D eigenvalue weighted by Gasteiger charge is 2.35. The third-order valence-electron chi connectivity index (χ3n) is 8.73. The second-order valence-electron chi connectivity index (χ2n) is 11.1. The molecule has 0 spiro atoms. The second-order valence-corrected chi connectivity index (χ2v) is 12.1. The average Bonchev–Trinajstić information content (AvgIpc) is 3.33. The molecule has 2 aliphatic rings. The molecule has 4 aromatic rings. The molecule has 0 amide bonds. The summed E-state index contributed by atoms with van der Waals surface area (Å²) in [6.45, 7) is 11.2. The minimum atomic E-state index is -3.12. The van der Waals surface area contributed by atoms with Crippen molar-refractivity contribution < 1.29 is 17.6 Å². The smallest absolute Gasteiger partial charge is 0.268 e. The summed E-state index contributed by atoms with van der Waals surface area (Å²) in [7, 11) is 0. The van der Waals surface area contributed by atoms with E-state index in [2.05, 4.69) is 45.9 Å². The number of alkyl halides is 2. The summed E-state index contributed by atoms with van der Waals surface area (Å²) in [6.07, 6.45) is -0.868. The number of nitrogens with two attached hydrogens (primary N) is 1. The highest BCUT2D eigenvalue weighted by atomic mass is 32.1. The van der Waals surface area contributed by atoms with Gasteiger partial charge in [-0.05, 0) is 19.5 Å². The Bertz CT molecular complexity index is 1760. The van der Waals surface area contributed by atoms with Gasteiger partial charge in [-0.25, -0.2) is 22.5 Å². The zero-order chi connectivity index (χ0) is 31.3. The Kier molecular flexibility index (Phi) is 8.21. The fourth-order valence-corrected chi connectivity index (χ4v) is 7.25. The Labute approximate surface area is 256 Å². The molecule has 1 unspecified atom stereocenters. The molecule has 0 bridgehead atoms. The Morgan fingerprint density at radius 1 is 1.14 bits per heavy atom. The maximum absolute atomic E-state index is 15.6. The summed E-state index contributed by atoms with van der Waals surface area (Å²) in [6, 6.07) is 2.97. The van der Waals surface area contributed by atoms with Gasteiger partial charge in [-0.15, -0.1) is 11.3 Å². The highest BCUT2D eigenvalue weighted by Crippen LogP contribution is 2.46. The van der Waals surface area contributed by atoms with E-state index in [1.807, 2.05) is 11.0 Å². The van der Waals surface area contributed by atoms with Crippen molar-refractivity contribution >= 4 is 49.1 Å². The van der Waals surface area contributed by atoms with E-state index in [0.717, 1.165) is 30.8 Å². The molecule has 14 heteroatoms. The van der Waals surface area contributed by atoms with Gasteiger partial charge in [0.1, 0.15) is 28.5 Å². The number of aromatic nitrogens is 3. The first-order valence-corrected chi connectivity index (χ1v) is 15.6. The number of likely N-dealkylation sites (N-methyl/N-ethyl adjacent to an activating group) is 1. The quantitative estimate of drug-likeness (QED) is 0.252. The van der Waals surface area contributed by atoms with E-state index in [1.165, 1.54) is 6.20 Å². The molecular formula is C30H33F4N9S. The SMILES string of the molecule is CCC1CN(c2nc(N3CC(N(CC)CC)C3)nc3c(C(F)F)c(-c4c(F)cc(F)c5sc(N)c(C#N)c45)ncc23)CCN1. The zero-order valence-electron chi connectivity index (χ0n) is 24.7. The number of hydrogen-bond acceptors (Lipinski definition) is 10. The lowest BCUT2D eigenvalue weighted by Gasteiger charge is -2.45. The van der Waals surface area contributed by atoms with Gasteiger partial charge in [-0.1, -0.05) is 20.8 Å². The maximum atomic E-state index is 15.6. The lowest BCUT2D eigenvalue weighted by Crippen LogP contribution is -2.60. The van der Waals surface area contributed by atoms with Gasteiger partial charge in [0.2, 0.25) is 5.95 Å². The maximum Gasteiger partial charge on any atom is 0.268 e. The van der Waals surface area contributed by atoms with Gasteiger partial charge in [0.25, 0.3) is 6.43 Å². The van der Waals surface area contributed by atoms with Crippen LogP contribution >= 0.6 is 11.3 Å². The molecule has 1 atom stereocenters. The molecule has 232 valence electrons. The minimum absolute atomic E-state index is 0.0377. The first-order valence-electron chi connectivity index (χ1n) is 14.8. The van der Waals surface area contributed by atoms with Gasteiger partial charge in [-0.3, -0.25) is 9.88 Å². The fraction of sp³-hybridized carbons (Fsp3) is 0.467. The number of nitrogens with zero attached hydrogens (tertiary/aromatic N) is 7. The van der Waals surface area contributed by atoms with E-state index in [1.54, 1.807) is 0 Å². The van der Waals surface area contributed by atoms with Crippen molar-refractivity contribution in [3.63, 3.8) is 0 Å². The van der Waals surface area contributed by atoms with Gasteiger partial charge in [0.05, 0.1) is 32.4 Å². The van der Waals surface area contributed by atoms with Crippen LogP contribution in [0.25, 0.3) is 32.2 Å². The molecular weight excluding hydrogens is 594 g/mol. The van der Waals surface area contributed by atoms with Gasteiger partial charge in [0.15, 0.2) is 0 Å². The van der Waals surface area contributed by atoms with Crippen molar-refractivity contribution in [1.29, 1.82) is 5.26 Å². The fourth-order valence-electron chi connectivity index (χ4n) is 6.32. The number of piperazine rings is 1. The number of thiophene rings is 1. The molecule has 3 N–H and O–H groups in total. The first kappa shape index (κ1) is 30.2. The zero-order valence-corrected chi connectivity index (χ0v) is 25.5. The molecule has 2 fully saturated rings. The van der Waals surface area contributed by atoms with Crippen LogP contribution in [0, 0.1) is 23.0 Å². The normalized spacial score (nSPS) is 17.7. The number of rotatable bonds is 8. The van der Waals surface area contributed by atoms with Crippen molar-refractivity contribution in [2.75, 3.05) is 61.3 Å². The molecule has 44 heavy (non-hydrogen) atoms. The lowest BCUT2D eigenvalue weighted by molar-refractivity contribution is 0.153. The average molecular weight is 628 g/mol. The molecule has 0 radical (unpaired) electrons. The predicted molar refractivity (Wildman–Crippen MR) is 165 cm³/mol. The molecule has 2 aliphatic heterocycles. The van der Waals surface area contributed by atoms with E-state index in [9.17, 15) is 9.65 Å². The van der Waals surface area contributed by atoms with Crippen LogP contribution < -0.4 is 20.9 Å². The summed E-state index contributed by atoms with van der Waals surface area (Å²) in [5, 5.41) is 13.3. The van der Waals surface area contributed by atoms with E-state index >= 15 is 13.2 Å². The van der Waals surface area contributed by atoms with Crippen LogP contribution in [0.1, 0.15) is 44.7 Å². The van der Waals surface area contributed by atoms with Crippen LogP contribution in [0.3, 0.4) is 0 Å². The molecule has 9 nitrogen and oxygen atoms in total. The predicted octanol–water partition coefficient (Wildman–Crippen LogP) is 5.29. The molecule has 2 saturated heterocycles. The van der Waals surface area contributed by atoms with Crippen molar-refractivity contribution in [3.8, 4) is 17.3 Å². The topological polar surface area (TPSA) is 110 Å². The van der Waals surface area contributed by atoms with Gasteiger partial charge in [0, 0.05) is 68.0 Å². The standard InChI is InChI=1S/C30H33F4N9S/c1-4-15-12-42(8-7-37-15)29-18-11-38-25(22-19(31)9-20(32)26-21(22)17(10-35)28(36)44-26)23(27(33)34)24(18)39-30(40-29)43-13-16(14-43)41(5-2)6-3/h9,11,15-16,27,37H,4-8,12-14,36H2,1-3H3. The van der Waals surface area contributed by atoms with Gasteiger partial charge < -0.3 is 20.9 Å². The molecule has 5 heterocycles. The van der Waals surface area contributed by atoms with E-state index in [-0.39, 0.29) is 38.3 Å². The van der Waals surface area contributed by atoms with Crippen molar-refractivity contribution in [2.45, 2.75) is 45.7 Å². The third-order valence-corrected chi connectivity index (χ3v) is 9.76. The number of nitrogen functional groups attached to an aromatic ring is 1. The Balaban J connectivity index is 1.59. The summed E-state index contributed by atoms with van der Waals surface area (Å²) in [5.74, 6) is -1.26. The number of hydrogen-bond donors (Lipinski definition) is 2. The van der Waals surface area contributed by atoms with E-state index in [0.29, 0.717) is 55.9 Å². The van der Waals surface area contributed by atoms with Crippen LogP contribution in [0.2, 0.25) is 0 Å². The lowest BCUT2D eigenvalue weighted by atomic mass is 9.97. The Morgan fingerprint density at radius 3 is 2.55 bits per heavy atom. The van der Waals surface area contributed by atoms with Crippen LogP contribution in [-0.4, -0.2) is 77.7 Å². The number of pyridine rings is 1. The van der Waals surface area contributed by atoms with Crippen LogP contribution in [0.15, 0.2) is 12.3 Å².